The van der Waals surface area contributed by atoms with Crippen LogP contribution in [0, 0.1) is 6.92 Å². The Morgan fingerprint density at radius 2 is 2.04 bits per heavy atom. The molecule has 2 aromatic rings. The van der Waals surface area contributed by atoms with Gasteiger partial charge in [-0.15, -0.1) is 0 Å². The number of H-pyrrole nitrogens is 1. The first-order valence-electron chi connectivity index (χ1n) is 9.18. The monoisotopic (exact) mass is 395 g/mol. The number of nitrogens with one attached hydrogen (secondary N) is 3. The van der Waals surface area contributed by atoms with Gasteiger partial charge in [-0.1, -0.05) is 12.1 Å². The Balaban J connectivity index is 1.85. The van der Waals surface area contributed by atoms with Crippen LogP contribution in [0.3, 0.4) is 0 Å². The van der Waals surface area contributed by atoms with Crippen LogP contribution in [0.5, 0.6) is 0 Å². The van der Waals surface area contributed by atoms with Crippen molar-refractivity contribution < 1.29 is 18.0 Å². The molecule has 1 aliphatic rings. The van der Waals surface area contributed by atoms with Gasteiger partial charge in [-0.05, 0) is 37.0 Å². The lowest BCUT2D eigenvalue weighted by Crippen LogP contribution is -2.48. The highest BCUT2D eigenvalue weighted by Gasteiger charge is 2.35. The Labute approximate surface area is 161 Å². The smallest absolute Gasteiger partial charge is 0.347 e. The standard InChI is InChI=1S/C19H24F3N5O/c1-12-3-4-13(9-15(12)19(20,21)22)17(16-10-24-11-25-16)27-7-5-14(6-8-27)26-18(28)23-2/h3-4,9-11,14,17H,5-8H2,1-2H3,(H,24,25)(H2,23,26,28). The maximum atomic E-state index is 13.4. The first-order chi connectivity index (χ1) is 13.3. The van der Waals surface area contributed by atoms with Crippen molar-refractivity contribution in [2.45, 2.75) is 38.0 Å². The largest absolute Gasteiger partial charge is 0.416 e. The predicted octanol–water partition coefficient (Wildman–Crippen LogP) is 3.22. The summed E-state index contributed by atoms with van der Waals surface area (Å²) in [5.41, 5.74) is 0.897. The molecule has 152 valence electrons. The van der Waals surface area contributed by atoms with Crippen molar-refractivity contribution >= 4 is 6.03 Å². The first-order valence-corrected chi connectivity index (χ1v) is 9.18. The second kappa shape index (κ2) is 8.22. The summed E-state index contributed by atoms with van der Waals surface area (Å²) in [5.74, 6) is 0. The number of halogens is 3. The van der Waals surface area contributed by atoms with E-state index in [1.54, 1.807) is 19.3 Å². The molecular formula is C19H24F3N5O. The number of carbonyl (C=O) groups is 1. The molecule has 1 aliphatic heterocycles. The molecule has 0 aliphatic carbocycles. The number of aryl methyl sites for hydroxylation is 1. The fraction of sp³-hybridized carbons (Fsp3) is 0.474. The highest BCUT2D eigenvalue weighted by Crippen LogP contribution is 2.36. The number of urea groups is 1. The number of nitrogens with zero attached hydrogens (tertiary/aromatic N) is 2. The number of rotatable bonds is 4. The fourth-order valence-electron chi connectivity index (χ4n) is 3.68. The van der Waals surface area contributed by atoms with Gasteiger partial charge < -0.3 is 15.6 Å². The minimum Gasteiger partial charge on any atom is -0.347 e. The van der Waals surface area contributed by atoms with Gasteiger partial charge in [-0.3, -0.25) is 4.90 Å². The number of alkyl halides is 3. The van der Waals surface area contributed by atoms with E-state index in [4.69, 9.17) is 0 Å². The number of piperidine rings is 1. The highest BCUT2D eigenvalue weighted by molar-refractivity contribution is 5.73. The zero-order valence-corrected chi connectivity index (χ0v) is 15.8. The Morgan fingerprint density at radius 1 is 1.32 bits per heavy atom. The number of hydrogen-bond acceptors (Lipinski definition) is 3. The van der Waals surface area contributed by atoms with Crippen molar-refractivity contribution in [1.29, 1.82) is 0 Å². The van der Waals surface area contributed by atoms with Gasteiger partial charge in [0.1, 0.15) is 0 Å². The van der Waals surface area contributed by atoms with Crippen LogP contribution in [0.4, 0.5) is 18.0 Å². The molecule has 2 heterocycles. The number of hydrogen-bond donors (Lipinski definition) is 3. The van der Waals surface area contributed by atoms with E-state index in [0.29, 0.717) is 18.7 Å². The zero-order chi connectivity index (χ0) is 20.3. The molecule has 6 nitrogen and oxygen atoms in total. The Morgan fingerprint density at radius 3 is 2.61 bits per heavy atom. The van der Waals surface area contributed by atoms with Crippen molar-refractivity contribution in [3.63, 3.8) is 0 Å². The van der Waals surface area contributed by atoms with E-state index in [9.17, 15) is 18.0 Å². The molecule has 1 atom stereocenters. The second-order valence-corrected chi connectivity index (χ2v) is 7.02. The van der Waals surface area contributed by atoms with E-state index >= 15 is 0 Å². The molecule has 0 radical (unpaired) electrons. The lowest BCUT2D eigenvalue weighted by molar-refractivity contribution is -0.138. The van der Waals surface area contributed by atoms with E-state index < -0.39 is 11.7 Å². The number of imidazole rings is 1. The van der Waals surface area contributed by atoms with Gasteiger partial charge in [0.25, 0.3) is 0 Å². The van der Waals surface area contributed by atoms with Crippen molar-refractivity contribution in [1.82, 2.24) is 25.5 Å². The molecule has 3 N–H and O–H groups in total. The quantitative estimate of drug-likeness (QED) is 0.744. The van der Waals surface area contributed by atoms with Crippen LogP contribution in [0.1, 0.15) is 41.3 Å². The van der Waals surface area contributed by atoms with Crippen LogP contribution in [0.2, 0.25) is 0 Å². The summed E-state index contributed by atoms with van der Waals surface area (Å²) in [7, 11) is 1.56. The molecular weight excluding hydrogens is 371 g/mol. The number of aromatic amines is 1. The average molecular weight is 395 g/mol. The van der Waals surface area contributed by atoms with Crippen molar-refractivity contribution in [3.05, 3.63) is 53.1 Å². The van der Waals surface area contributed by atoms with E-state index in [2.05, 4.69) is 25.5 Å². The predicted molar refractivity (Wildman–Crippen MR) is 98.8 cm³/mol. The molecule has 3 rings (SSSR count). The van der Waals surface area contributed by atoms with E-state index in [0.717, 1.165) is 18.5 Å². The Kier molecular flexibility index (Phi) is 5.93. The normalized spacial score (nSPS) is 17.3. The highest BCUT2D eigenvalue weighted by atomic mass is 19.4. The second-order valence-electron chi connectivity index (χ2n) is 7.02. The number of carbonyl (C=O) groups excluding carboxylic acids is 1. The van der Waals surface area contributed by atoms with Gasteiger partial charge in [0.05, 0.1) is 23.6 Å². The lowest BCUT2D eigenvalue weighted by Gasteiger charge is -2.37. The maximum Gasteiger partial charge on any atom is 0.416 e. The average Bonchev–Trinajstić information content (AvgIpc) is 3.18. The molecule has 0 bridgehead atoms. The molecule has 0 saturated carbocycles. The third-order valence-electron chi connectivity index (χ3n) is 5.15. The van der Waals surface area contributed by atoms with E-state index in [-0.39, 0.29) is 23.7 Å². The van der Waals surface area contributed by atoms with Gasteiger partial charge in [-0.2, -0.15) is 13.2 Å². The van der Waals surface area contributed by atoms with Gasteiger partial charge in [0, 0.05) is 32.4 Å². The Hall–Kier alpha value is -2.55. The van der Waals surface area contributed by atoms with E-state index in [1.807, 2.05) is 0 Å². The van der Waals surface area contributed by atoms with Crippen LogP contribution in [-0.2, 0) is 6.18 Å². The molecule has 1 aromatic carbocycles. The van der Waals surface area contributed by atoms with Gasteiger partial charge >= 0.3 is 12.2 Å². The first kappa shape index (κ1) is 20.2. The SMILES string of the molecule is CNC(=O)NC1CCN(C(c2ccc(C)c(C(F)(F)F)c2)c2cnc[nH]2)CC1. The van der Waals surface area contributed by atoms with Crippen molar-refractivity contribution in [3.8, 4) is 0 Å². The third-order valence-corrected chi connectivity index (χ3v) is 5.15. The summed E-state index contributed by atoms with van der Waals surface area (Å²) in [6.45, 7) is 2.76. The van der Waals surface area contributed by atoms with Gasteiger partial charge in [-0.25, -0.2) is 9.78 Å². The summed E-state index contributed by atoms with van der Waals surface area (Å²) in [6.07, 6.45) is 0.211. The van der Waals surface area contributed by atoms with Crippen LogP contribution in [-0.4, -0.2) is 47.1 Å². The molecule has 1 saturated heterocycles. The third kappa shape index (κ3) is 4.46. The summed E-state index contributed by atoms with van der Waals surface area (Å²) in [5, 5.41) is 5.43. The van der Waals surface area contributed by atoms with Gasteiger partial charge in [0.15, 0.2) is 0 Å². The fourth-order valence-corrected chi connectivity index (χ4v) is 3.68. The summed E-state index contributed by atoms with van der Waals surface area (Å²) in [6, 6.07) is 3.95. The van der Waals surface area contributed by atoms with E-state index in [1.165, 1.54) is 25.4 Å². The minimum absolute atomic E-state index is 0.0439. The number of aromatic nitrogens is 2. The number of likely N-dealkylation sites (tertiary alicyclic amines) is 1. The zero-order valence-electron chi connectivity index (χ0n) is 15.8. The van der Waals surface area contributed by atoms with Crippen LogP contribution >= 0.6 is 0 Å². The van der Waals surface area contributed by atoms with Crippen LogP contribution in [0.25, 0.3) is 0 Å². The molecule has 2 amide bonds. The topological polar surface area (TPSA) is 73.1 Å². The van der Waals surface area contributed by atoms with Crippen LogP contribution in [0.15, 0.2) is 30.7 Å². The molecule has 9 heteroatoms. The van der Waals surface area contributed by atoms with Crippen molar-refractivity contribution in [2.24, 2.45) is 0 Å². The van der Waals surface area contributed by atoms with Crippen molar-refractivity contribution in [2.75, 3.05) is 20.1 Å². The van der Waals surface area contributed by atoms with Crippen LogP contribution < -0.4 is 10.6 Å². The molecule has 1 aromatic heterocycles. The minimum atomic E-state index is -4.40. The summed E-state index contributed by atoms with van der Waals surface area (Å²) >= 11 is 0. The summed E-state index contributed by atoms with van der Waals surface area (Å²) in [4.78, 5) is 20.7. The number of amides is 2. The van der Waals surface area contributed by atoms with Gasteiger partial charge in [0.2, 0.25) is 0 Å². The molecule has 1 unspecified atom stereocenters. The maximum absolute atomic E-state index is 13.4. The molecule has 0 spiro atoms. The lowest BCUT2D eigenvalue weighted by atomic mass is 9.94. The molecule has 28 heavy (non-hydrogen) atoms. The number of benzene rings is 1. The molecule has 1 fully saturated rings. The summed E-state index contributed by atoms with van der Waals surface area (Å²) < 4.78 is 40.2. The Bertz CT molecular complexity index is 798.